The Morgan fingerprint density at radius 3 is 2.83 bits per heavy atom. The second-order valence-corrected chi connectivity index (χ2v) is 3.79. The highest BCUT2D eigenvalue weighted by atomic mass is 16.5. The molecule has 0 saturated carbocycles. The van der Waals surface area contributed by atoms with Gasteiger partial charge in [-0.3, -0.25) is 4.79 Å². The Bertz CT molecular complexity index is 507. The van der Waals surface area contributed by atoms with Crippen molar-refractivity contribution in [2.45, 2.75) is 6.54 Å². The predicted octanol–water partition coefficient (Wildman–Crippen LogP) is 1.09. The summed E-state index contributed by atoms with van der Waals surface area (Å²) in [6, 6.07) is 3.35. The molecule has 0 atom stereocenters. The van der Waals surface area contributed by atoms with Crippen molar-refractivity contribution >= 4 is 5.91 Å². The number of H-pyrrole nitrogens is 1. The molecule has 2 aromatic rings. The van der Waals surface area contributed by atoms with Gasteiger partial charge in [-0.2, -0.15) is 0 Å². The molecule has 0 aliphatic heterocycles. The minimum atomic E-state index is -0.110. The number of imidazole rings is 1. The number of nitrogens with zero attached hydrogens (tertiary/aromatic N) is 3. The molecule has 0 spiro atoms. The zero-order valence-corrected chi connectivity index (χ0v) is 10.3. The molecule has 0 bridgehead atoms. The van der Waals surface area contributed by atoms with Gasteiger partial charge in [-0.1, -0.05) is 0 Å². The van der Waals surface area contributed by atoms with Gasteiger partial charge in [0.05, 0.1) is 19.2 Å². The Labute approximate surface area is 105 Å². The summed E-state index contributed by atoms with van der Waals surface area (Å²) >= 11 is 0. The molecule has 0 fully saturated rings. The average Bonchev–Trinajstić information content (AvgIpc) is 2.91. The lowest BCUT2D eigenvalue weighted by Gasteiger charge is -2.15. The molecule has 0 unspecified atom stereocenters. The van der Waals surface area contributed by atoms with Crippen LogP contribution < -0.4 is 4.74 Å². The van der Waals surface area contributed by atoms with Crippen LogP contribution in [0.1, 0.15) is 16.2 Å². The normalized spacial score (nSPS) is 10.1. The average molecular weight is 246 g/mol. The number of hydrogen-bond acceptors (Lipinski definition) is 4. The predicted molar refractivity (Wildman–Crippen MR) is 65.2 cm³/mol. The third-order valence-corrected chi connectivity index (χ3v) is 2.48. The molecular formula is C12H14N4O2. The van der Waals surface area contributed by atoms with Crippen molar-refractivity contribution in [1.29, 1.82) is 0 Å². The van der Waals surface area contributed by atoms with Gasteiger partial charge in [0.15, 0.2) is 0 Å². The molecule has 0 aliphatic rings. The van der Waals surface area contributed by atoms with Crippen molar-refractivity contribution < 1.29 is 9.53 Å². The molecular weight excluding hydrogens is 232 g/mol. The first-order valence-electron chi connectivity index (χ1n) is 5.44. The Hall–Kier alpha value is -2.37. The van der Waals surface area contributed by atoms with Crippen LogP contribution in [-0.2, 0) is 6.54 Å². The SMILES string of the molecule is COc1ccc(C(=O)N(C)Cc2ncc[nH]2)cn1. The van der Waals surface area contributed by atoms with E-state index < -0.39 is 0 Å². The number of amides is 1. The van der Waals surface area contributed by atoms with Gasteiger partial charge in [-0.25, -0.2) is 9.97 Å². The number of carbonyl (C=O) groups excluding carboxylic acids is 1. The molecule has 0 radical (unpaired) electrons. The third-order valence-electron chi connectivity index (χ3n) is 2.48. The van der Waals surface area contributed by atoms with Gasteiger partial charge < -0.3 is 14.6 Å². The van der Waals surface area contributed by atoms with E-state index in [0.717, 1.165) is 5.82 Å². The number of pyridine rings is 1. The molecule has 0 aromatic carbocycles. The molecule has 2 heterocycles. The van der Waals surface area contributed by atoms with Gasteiger partial charge in [0, 0.05) is 31.7 Å². The summed E-state index contributed by atoms with van der Waals surface area (Å²) in [5.41, 5.74) is 0.518. The van der Waals surface area contributed by atoms with Crippen LogP contribution in [0, 0.1) is 0 Å². The van der Waals surface area contributed by atoms with Crippen LogP contribution in [0.5, 0.6) is 5.88 Å². The molecule has 1 N–H and O–H groups in total. The van der Waals surface area contributed by atoms with Crippen molar-refractivity contribution in [3.63, 3.8) is 0 Å². The van der Waals surface area contributed by atoms with Gasteiger partial charge in [-0.05, 0) is 6.07 Å². The van der Waals surface area contributed by atoms with Crippen LogP contribution in [0.3, 0.4) is 0 Å². The monoisotopic (exact) mass is 246 g/mol. The van der Waals surface area contributed by atoms with Crippen molar-refractivity contribution in [2.24, 2.45) is 0 Å². The molecule has 6 heteroatoms. The maximum atomic E-state index is 12.1. The summed E-state index contributed by atoms with van der Waals surface area (Å²) in [4.78, 5) is 24.7. The lowest BCUT2D eigenvalue weighted by atomic mass is 10.2. The standard InChI is InChI=1S/C12H14N4O2/c1-16(8-10-13-5-6-14-10)12(17)9-3-4-11(18-2)15-7-9/h3-7H,8H2,1-2H3,(H,13,14). The number of ether oxygens (including phenoxy) is 1. The zero-order valence-electron chi connectivity index (χ0n) is 10.3. The third kappa shape index (κ3) is 2.65. The lowest BCUT2D eigenvalue weighted by Crippen LogP contribution is -2.26. The second kappa shape index (κ2) is 5.31. The number of aromatic nitrogens is 3. The van der Waals surface area contributed by atoms with E-state index in [1.165, 1.54) is 13.3 Å². The van der Waals surface area contributed by atoms with Gasteiger partial charge in [0.2, 0.25) is 5.88 Å². The molecule has 6 nitrogen and oxygen atoms in total. The van der Waals surface area contributed by atoms with Gasteiger partial charge in [0.25, 0.3) is 5.91 Å². The maximum absolute atomic E-state index is 12.1. The summed E-state index contributed by atoms with van der Waals surface area (Å²) in [6.45, 7) is 0.428. The number of rotatable bonds is 4. The van der Waals surface area contributed by atoms with E-state index in [2.05, 4.69) is 15.0 Å². The smallest absolute Gasteiger partial charge is 0.255 e. The highest BCUT2D eigenvalue weighted by Crippen LogP contribution is 2.09. The lowest BCUT2D eigenvalue weighted by molar-refractivity contribution is 0.0781. The van der Waals surface area contributed by atoms with Gasteiger partial charge in [0.1, 0.15) is 5.82 Å². The molecule has 94 valence electrons. The summed E-state index contributed by atoms with van der Waals surface area (Å²) in [7, 11) is 3.25. The molecule has 0 aliphatic carbocycles. The quantitative estimate of drug-likeness (QED) is 0.876. The minimum Gasteiger partial charge on any atom is -0.481 e. The number of aromatic amines is 1. The summed E-state index contributed by atoms with van der Waals surface area (Å²) in [5, 5.41) is 0. The van der Waals surface area contributed by atoms with Crippen LogP contribution in [0.2, 0.25) is 0 Å². The zero-order chi connectivity index (χ0) is 13.0. The fraction of sp³-hybridized carbons (Fsp3) is 0.250. The summed E-state index contributed by atoms with van der Waals surface area (Å²) in [5.74, 6) is 1.12. The summed E-state index contributed by atoms with van der Waals surface area (Å²) < 4.78 is 4.94. The first-order chi connectivity index (χ1) is 8.70. The van der Waals surface area contributed by atoms with Crippen LogP contribution in [-0.4, -0.2) is 39.9 Å². The van der Waals surface area contributed by atoms with Crippen molar-refractivity contribution in [1.82, 2.24) is 19.9 Å². The largest absolute Gasteiger partial charge is 0.481 e. The van der Waals surface area contributed by atoms with E-state index in [9.17, 15) is 4.79 Å². The molecule has 18 heavy (non-hydrogen) atoms. The Balaban J connectivity index is 2.05. The molecule has 0 saturated heterocycles. The summed E-state index contributed by atoms with van der Waals surface area (Å²) in [6.07, 6.45) is 4.88. The van der Waals surface area contributed by atoms with Crippen LogP contribution in [0.4, 0.5) is 0 Å². The highest BCUT2D eigenvalue weighted by Gasteiger charge is 2.13. The van der Waals surface area contributed by atoms with E-state index in [1.807, 2.05) is 0 Å². The number of carbonyl (C=O) groups is 1. The van der Waals surface area contributed by atoms with Crippen LogP contribution in [0.25, 0.3) is 0 Å². The van der Waals surface area contributed by atoms with Crippen LogP contribution in [0.15, 0.2) is 30.7 Å². The van der Waals surface area contributed by atoms with Crippen molar-refractivity contribution in [3.05, 3.63) is 42.1 Å². The maximum Gasteiger partial charge on any atom is 0.255 e. The molecule has 1 amide bonds. The van der Waals surface area contributed by atoms with Gasteiger partial charge >= 0.3 is 0 Å². The highest BCUT2D eigenvalue weighted by molar-refractivity contribution is 5.93. The van der Waals surface area contributed by atoms with E-state index in [0.29, 0.717) is 18.0 Å². The van der Waals surface area contributed by atoms with Crippen LogP contribution >= 0.6 is 0 Å². The van der Waals surface area contributed by atoms with E-state index in [4.69, 9.17) is 4.74 Å². The molecule has 2 rings (SSSR count). The Kier molecular flexibility index (Phi) is 3.57. The van der Waals surface area contributed by atoms with Crippen molar-refractivity contribution in [3.8, 4) is 5.88 Å². The van der Waals surface area contributed by atoms with Crippen molar-refractivity contribution in [2.75, 3.05) is 14.2 Å². The first-order valence-corrected chi connectivity index (χ1v) is 5.44. The van der Waals surface area contributed by atoms with E-state index in [-0.39, 0.29) is 5.91 Å². The second-order valence-electron chi connectivity index (χ2n) is 3.79. The van der Waals surface area contributed by atoms with E-state index in [1.54, 1.807) is 36.5 Å². The van der Waals surface area contributed by atoms with Gasteiger partial charge in [-0.15, -0.1) is 0 Å². The topological polar surface area (TPSA) is 71.1 Å². The number of methoxy groups -OCH3 is 1. The molecule has 2 aromatic heterocycles. The Morgan fingerprint density at radius 1 is 1.44 bits per heavy atom. The first kappa shape index (κ1) is 12.1. The Morgan fingerprint density at radius 2 is 2.28 bits per heavy atom. The fourth-order valence-corrected chi connectivity index (χ4v) is 1.53. The fourth-order valence-electron chi connectivity index (χ4n) is 1.53. The number of hydrogen-bond donors (Lipinski definition) is 1. The van der Waals surface area contributed by atoms with E-state index >= 15 is 0 Å². The minimum absolute atomic E-state index is 0.110. The number of nitrogens with one attached hydrogen (secondary N) is 1.